The standard InChI is InChI=1S/C13H15N3O2/c1-3-16-12(14)11(8-15-16)13(17)18-10-6-4-9(2)5-7-10/h4-8H,3,14H2,1-2H3. The molecule has 18 heavy (non-hydrogen) atoms. The zero-order chi connectivity index (χ0) is 13.1. The van der Waals surface area contributed by atoms with Crippen molar-refractivity contribution >= 4 is 11.8 Å². The van der Waals surface area contributed by atoms with Gasteiger partial charge in [0.1, 0.15) is 17.1 Å². The van der Waals surface area contributed by atoms with Crippen molar-refractivity contribution in [2.24, 2.45) is 0 Å². The van der Waals surface area contributed by atoms with Crippen molar-refractivity contribution in [2.75, 3.05) is 5.73 Å². The van der Waals surface area contributed by atoms with E-state index < -0.39 is 5.97 Å². The second-order valence-corrected chi connectivity index (χ2v) is 3.96. The quantitative estimate of drug-likeness (QED) is 0.663. The second-order valence-electron chi connectivity index (χ2n) is 3.96. The Morgan fingerprint density at radius 3 is 2.61 bits per heavy atom. The number of carbonyl (C=O) groups excluding carboxylic acids is 1. The lowest BCUT2D eigenvalue weighted by Crippen LogP contribution is -2.11. The molecule has 0 aliphatic rings. The van der Waals surface area contributed by atoms with E-state index in [0.717, 1.165) is 5.56 Å². The zero-order valence-corrected chi connectivity index (χ0v) is 10.4. The van der Waals surface area contributed by atoms with Crippen LogP contribution >= 0.6 is 0 Å². The average molecular weight is 245 g/mol. The van der Waals surface area contributed by atoms with Gasteiger partial charge in [0.25, 0.3) is 0 Å². The first-order valence-electron chi connectivity index (χ1n) is 5.72. The summed E-state index contributed by atoms with van der Waals surface area (Å²) in [4.78, 5) is 11.9. The molecule has 1 aromatic heterocycles. The van der Waals surface area contributed by atoms with Crippen molar-refractivity contribution in [1.29, 1.82) is 0 Å². The summed E-state index contributed by atoms with van der Waals surface area (Å²) in [5.41, 5.74) is 7.19. The molecule has 0 saturated heterocycles. The van der Waals surface area contributed by atoms with Gasteiger partial charge >= 0.3 is 5.97 Å². The number of nitrogens with two attached hydrogens (primary N) is 1. The van der Waals surface area contributed by atoms with Crippen molar-refractivity contribution in [3.05, 3.63) is 41.6 Å². The van der Waals surface area contributed by atoms with Gasteiger partial charge in [0.2, 0.25) is 0 Å². The van der Waals surface area contributed by atoms with Crippen LogP contribution in [0.2, 0.25) is 0 Å². The summed E-state index contributed by atoms with van der Waals surface area (Å²) in [5, 5.41) is 4.00. The van der Waals surface area contributed by atoms with Crippen LogP contribution in [0.4, 0.5) is 5.82 Å². The molecule has 0 bridgehead atoms. The number of nitrogens with zero attached hydrogens (tertiary/aromatic N) is 2. The third kappa shape index (κ3) is 2.34. The van der Waals surface area contributed by atoms with Crippen LogP contribution in [0.25, 0.3) is 0 Å². The van der Waals surface area contributed by atoms with Crippen LogP contribution in [0.5, 0.6) is 5.75 Å². The number of anilines is 1. The van der Waals surface area contributed by atoms with Gasteiger partial charge in [-0.25, -0.2) is 9.48 Å². The van der Waals surface area contributed by atoms with E-state index in [0.29, 0.717) is 18.1 Å². The van der Waals surface area contributed by atoms with Crippen LogP contribution < -0.4 is 10.5 Å². The van der Waals surface area contributed by atoms with Crippen molar-refractivity contribution in [3.63, 3.8) is 0 Å². The van der Waals surface area contributed by atoms with Gasteiger partial charge in [-0.2, -0.15) is 5.10 Å². The second kappa shape index (κ2) is 4.91. The van der Waals surface area contributed by atoms with Crippen LogP contribution in [-0.2, 0) is 6.54 Å². The lowest BCUT2D eigenvalue weighted by molar-refractivity contribution is 0.0736. The highest BCUT2D eigenvalue weighted by Crippen LogP contribution is 2.16. The number of carbonyl (C=O) groups is 1. The van der Waals surface area contributed by atoms with Gasteiger partial charge in [-0.05, 0) is 26.0 Å². The summed E-state index contributed by atoms with van der Waals surface area (Å²) < 4.78 is 6.77. The number of ether oxygens (including phenoxy) is 1. The van der Waals surface area contributed by atoms with Crippen molar-refractivity contribution < 1.29 is 9.53 Å². The Morgan fingerprint density at radius 2 is 2.06 bits per heavy atom. The van der Waals surface area contributed by atoms with E-state index in [1.54, 1.807) is 16.8 Å². The van der Waals surface area contributed by atoms with Gasteiger partial charge in [0.05, 0.1) is 6.20 Å². The third-order valence-corrected chi connectivity index (χ3v) is 2.63. The predicted octanol–water partition coefficient (Wildman–Crippen LogP) is 2.01. The van der Waals surface area contributed by atoms with E-state index in [9.17, 15) is 4.79 Å². The van der Waals surface area contributed by atoms with E-state index in [2.05, 4.69) is 5.10 Å². The highest BCUT2D eigenvalue weighted by molar-refractivity contribution is 5.95. The van der Waals surface area contributed by atoms with E-state index in [1.165, 1.54) is 6.20 Å². The number of hydrogen-bond donors (Lipinski definition) is 1. The maximum atomic E-state index is 11.9. The zero-order valence-electron chi connectivity index (χ0n) is 10.4. The fourth-order valence-electron chi connectivity index (χ4n) is 1.57. The minimum absolute atomic E-state index is 0.289. The van der Waals surface area contributed by atoms with Crippen molar-refractivity contribution in [1.82, 2.24) is 9.78 Å². The molecule has 0 atom stereocenters. The van der Waals surface area contributed by atoms with Crippen LogP contribution in [0, 0.1) is 6.92 Å². The Balaban J connectivity index is 2.16. The monoisotopic (exact) mass is 245 g/mol. The average Bonchev–Trinajstić information content (AvgIpc) is 2.73. The molecule has 0 aliphatic heterocycles. The summed E-state index contributed by atoms with van der Waals surface area (Å²) >= 11 is 0. The van der Waals surface area contributed by atoms with Crippen molar-refractivity contribution in [2.45, 2.75) is 20.4 Å². The molecule has 0 radical (unpaired) electrons. The molecular formula is C13H15N3O2. The molecule has 0 aliphatic carbocycles. The smallest absolute Gasteiger partial charge is 0.348 e. The molecule has 2 N–H and O–H groups in total. The topological polar surface area (TPSA) is 70.1 Å². The highest BCUT2D eigenvalue weighted by Gasteiger charge is 2.16. The van der Waals surface area contributed by atoms with Crippen molar-refractivity contribution in [3.8, 4) is 5.75 Å². The molecule has 5 heteroatoms. The number of benzene rings is 1. The summed E-state index contributed by atoms with van der Waals surface area (Å²) in [6.45, 7) is 4.48. The minimum atomic E-state index is -0.490. The first kappa shape index (κ1) is 12.2. The maximum absolute atomic E-state index is 11.9. The Bertz CT molecular complexity index is 558. The number of esters is 1. The number of hydrogen-bond acceptors (Lipinski definition) is 4. The Morgan fingerprint density at radius 1 is 1.39 bits per heavy atom. The Labute approximate surface area is 105 Å². The maximum Gasteiger partial charge on any atom is 0.348 e. The molecule has 5 nitrogen and oxygen atoms in total. The third-order valence-electron chi connectivity index (χ3n) is 2.63. The SMILES string of the molecule is CCn1ncc(C(=O)Oc2ccc(C)cc2)c1N. The van der Waals surface area contributed by atoms with Crippen LogP contribution in [0.15, 0.2) is 30.5 Å². The number of aryl methyl sites for hydroxylation is 2. The van der Waals surface area contributed by atoms with Gasteiger partial charge in [0, 0.05) is 6.54 Å². The van der Waals surface area contributed by atoms with E-state index in [1.807, 2.05) is 26.0 Å². The van der Waals surface area contributed by atoms with E-state index in [-0.39, 0.29) is 5.56 Å². The van der Waals surface area contributed by atoms with Gasteiger partial charge in [0.15, 0.2) is 0 Å². The fraction of sp³-hybridized carbons (Fsp3) is 0.231. The number of nitrogen functional groups attached to an aromatic ring is 1. The molecule has 1 heterocycles. The minimum Gasteiger partial charge on any atom is -0.423 e. The molecule has 1 aromatic carbocycles. The Kier molecular flexibility index (Phi) is 3.32. The molecule has 0 fully saturated rings. The summed E-state index contributed by atoms with van der Waals surface area (Å²) in [6, 6.07) is 7.24. The number of rotatable bonds is 3. The molecule has 0 saturated carbocycles. The first-order chi connectivity index (χ1) is 8.61. The Hall–Kier alpha value is -2.30. The number of aromatic nitrogens is 2. The highest BCUT2D eigenvalue weighted by atomic mass is 16.5. The fourth-order valence-corrected chi connectivity index (χ4v) is 1.57. The summed E-state index contributed by atoms with van der Waals surface area (Å²) in [7, 11) is 0. The normalized spacial score (nSPS) is 10.3. The molecule has 0 amide bonds. The van der Waals surface area contributed by atoms with E-state index >= 15 is 0 Å². The van der Waals surface area contributed by atoms with Gasteiger partial charge in [-0.1, -0.05) is 17.7 Å². The predicted molar refractivity (Wildman–Crippen MR) is 68.5 cm³/mol. The van der Waals surface area contributed by atoms with Crippen LogP contribution in [-0.4, -0.2) is 15.7 Å². The molecule has 94 valence electrons. The molecule has 0 unspecified atom stereocenters. The largest absolute Gasteiger partial charge is 0.423 e. The summed E-state index contributed by atoms with van der Waals surface area (Å²) in [5.74, 6) is 0.333. The molecule has 0 spiro atoms. The van der Waals surface area contributed by atoms with Crippen LogP contribution in [0.1, 0.15) is 22.8 Å². The van der Waals surface area contributed by atoms with Gasteiger partial charge in [-0.3, -0.25) is 0 Å². The van der Waals surface area contributed by atoms with E-state index in [4.69, 9.17) is 10.5 Å². The first-order valence-corrected chi connectivity index (χ1v) is 5.72. The lowest BCUT2D eigenvalue weighted by Gasteiger charge is -2.04. The lowest BCUT2D eigenvalue weighted by atomic mass is 10.2. The van der Waals surface area contributed by atoms with Crippen LogP contribution in [0.3, 0.4) is 0 Å². The van der Waals surface area contributed by atoms with Gasteiger partial charge in [-0.15, -0.1) is 0 Å². The van der Waals surface area contributed by atoms with Gasteiger partial charge < -0.3 is 10.5 Å². The molecule has 2 rings (SSSR count). The molecule has 2 aromatic rings. The molecular weight excluding hydrogens is 230 g/mol. The summed E-state index contributed by atoms with van der Waals surface area (Å²) in [6.07, 6.45) is 1.43.